The molecule has 1 aromatic carbocycles. The van der Waals surface area contributed by atoms with E-state index in [1.54, 1.807) is 7.11 Å². The molecule has 3 heterocycles. The van der Waals surface area contributed by atoms with Crippen LogP contribution in [0.3, 0.4) is 0 Å². The van der Waals surface area contributed by atoms with Gasteiger partial charge in [-0.1, -0.05) is 11.8 Å². The van der Waals surface area contributed by atoms with Gasteiger partial charge in [0.05, 0.1) is 30.4 Å². The summed E-state index contributed by atoms with van der Waals surface area (Å²) in [6.07, 6.45) is 7.89. The highest BCUT2D eigenvalue weighted by atomic mass is 16.5. The predicted molar refractivity (Wildman–Crippen MR) is 132 cm³/mol. The Hall–Kier alpha value is -3.37. The summed E-state index contributed by atoms with van der Waals surface area (Å²) in [5, 5.41) is 17.5. The first kappa shape index (κ1) is 23.8. The number of carboxylic acid groups (broad SMARTS) is 1. The molecule has 3 aromatic rings. The lowest BCUT2D eigenvalue weighted by Gasteiger charge is -2.37. The molecule has 2 atom stereocenters. The predicted octanol–water partition coefficient (Wildman–Crippen LogP) is 4.06. The van der Waals surface area contributed by atoms with E-state index in [9.17, 15) is 9.90 Å². The van der Waals surface area contributed by atoms with E-state index in [1.807, 2.05) is 31.5 Å². The van der Waals surface area contributed by atoms with E-state index in [4.69, 9.17) is 4.74 Å². The molecule has 0 bridgehead atoms. The van der Waals surface area contributed by atoms with Gasteiger partial charge in [0.2, 0.25) is 0 Å². The molecule has 1 fully saturated rings. The summed E-state index contributed by atoms with van der Waals surface area (Å²) < 4.78 is 5.39. The van der Waals surface area contributed by atoms with Gasteiger partial charge in [-0.25, -0.2) is 0 Å². The Kier molecular flexibility index (Phi) is 7.81. The summed E-state index contributed by atoms with van der Waals surface area (Å²) in [5.74, 6) is 7.08. The number of aryl methyl sites for hydroxylation is 2. The fourth-order valence-corrected chi connectivity index (χ4v) is 4.95. The maximum atomic E-state index is 11.6. The standard InChI is InChI=1S/C27H32N4O3/c1-19-22(17-29-30-19)7-4-13-31-14-11-20(23(18-31)15-27(32)33)5-3-6-21-10-12-28-26-9-8-24(34-2)16-25(21)26/h8-10,12,16-17,20,23H,3,5-6,11,13-15,18H2,1-2H3,(H,29,30)(H,32,33)/t20-,23+/m1/s1. The SMILES string of the molecule is COc1ccc2nccc(CCC[C@@H]3CCN(CC#Cc4c[nH]nc4C)C[C@@H]3CC(=O)O)c2c1. The van der Waals surface area contributed by atoms with E-state index in [-0.39, 0.29) is 12.3 Å². The highest BCUT2D eigenvalue weighted by Gasteiger charge is 2.30. The molecule has 34 heavy (non-hydrogen) atoms. The van der Waals surface area contributed by atoms with E-state index >= 15 is 0 Å². The average molecular weight is 461 g/mol. The van der Waals surface area contributed by atoms with Crippen molar-refractivity contribution in [2.45, 2.75) is 39.0 Å². The summed E-state index contributed by atoms with van der Waals surface area (Å²) >= 11 is 0. The van der Waals surface area contributed by atoms with Crippen LogP contribution >= 0.6 is 0 Å². The summed E-state index contributed by atoms with van der Waals surface area (Å²) in [7, 11) is 1.68. The zero-order valence-corrected chi connectivity index (χ0v) is 19.9. The Morgan fingerprint density at radius 2 is 2.21 bits per heavy atom. The highest BCUT2D eigenvalue weighted by Crippen LogP contribution is 2.31. The lowest BCUT2D eigenvalue weighted by atomic mass is 9.80. The monoisotopic (exact) mass is 460 g/mol. The van der Waals surface area contributed by atoms with Crippen molar-refractivity contribution in [3.05, 3.63) is 53.5 Å². The number of aromatic nitrogens is 3. The van der Waals surface area contributed by atoms with Gasteiger partial charge in [-0.05, 0) is 80.8 Å². The number of aromatic amines is 1. The minimum Gasteiger partial charge on any atom is -0.497 e. The first-order valence-electron chi connectivity index (χ1n) is 11.9. The number of hydrogen-bond donors (Lipinski definition) is 2. The fourth-order valence-electron chi connectivity index (χ4n) is 4.95. The third-order valence-electron chi connectivity index (χ3n) is 6.83. The van der Waals surface area contributed by atoms with Crippen molar-refractivity contribution in [1.82, 2.24) is 20.1 Å². The number of pyridine rings is 1. The van der Waals surface area contributed by atoms with Gasteiger partial charge in [-0.15, -0.1) is 0 Å². The molecule has 4 rings (SSSR count). The smallest absolute Gasteiger partial charge is 0.303 e. The number of ether oxygens (including phenoxy) is 1. The lowest BCUT2D eigenvalue weighted by Crippen LogP contribution is -2.41. The number of benzene rings is 1. The first-order chi connectivity index (χ1) is 16.5. The van der Waals surface area contributed by atoms with Crippen molar-refractivity contribution >= 4 is 16.9 Å². The normalized spacial score (nSPS) is 18.4. The van der Waals surface area contributed by atoms with Crippen LogP contribution in [0.25, 0.3) is 10.9 Å². The third-order valence-corrected chi connectivity index (χ3v) is 6.83. The van der Waals surface area contributed by atoms with E-state index in [1.165, 1.54) is 5.56 Å². The van der Waals surface area contributed by atoms with Crippen LogP contribution < -0.4 is 4.74 Å². The van der Waals surface area contributed by atoms with Crippen molar-refractivity contribution in [3.8, 4) is 17.6 Å². The number of nitrogens with one attached hydrogen (secondary N) is 1. The molecule has 0 spiro atoms. The van der Waals surface area contributed by atoms with E-state index in [2.05, 4.69) is 44.1 Å². The molecule has 2 N–H and O–H groups in total. The number of carboxylic acids is 1. The molecule has 0 unspecified atom stereocenters. The van der Waals surface area contributed by atoms with Crippen LogP contribution in [0.4, 0.5) is 0 Å². The van der Waals surface area contributed by atoms with Gasteiger partial charge >= 0.3 is 5.97 Å². The molecular weight excluding hydrogens is 428 g/mol. The van der Waals surface area contributed by atoms with Gasteiger partial charge in [0.15, 0.2) is 0 Å². The molecule has 0 amide bonds. The maximum absolute atomic E-state index is 11.6. The molecule has 1 aliphatic rings. The number of likely N-dealkylation sites (tertiary alicyclic amines) is 1. The Morgan fingerprint density at radius 1 is 1.32 bits per heavy atom. The number of fused-ring (bicyclic) bond motifs is 1. The second kappa shape index (κ2) is 11.2. The second-order valence-corrected chi connectivity index (χ2v) is 9.07. The van der Waals surface area contributed by atoms with Crippen molar-refractivity contribution in [3.63, 3.8) is 0 Å². The van der Waals surface area contributed by atoms with Crippen molar-refractivity contribution in [2.75, 3.05) is 26.7 Å². The van der Waals surface area contributed by atoms with Gasteiger partial charge in [0.25, 0.3) is 0 Å². The third kappa shape index (κ3) is 5.95. The molecule has 178 valence electrons. The topological polar surface area (TPSA) is 91.3 Å². The van der Waals surface area contributed by atoms with Crippen LogP contribution in [0.15, 0.2) is 36.7 Å². The average Bonchev–Trinajstić information content (AvgIpc) is 3.24. The Morgan fingerprint density at radius 3 is 2.97 bits per heavy atom. The molecule has 0 aliphatic carbocycles. The Balaban J connectivity index is 1.35. The van der Waals surface area contributed by atoms with Gasteiger partial charge in [-0.2, -0.15) is 5.10 Å². The first-order valence-corrected chi connectivity index (χ1v) is 11.9. The maximum Gasteiger partial charge on any atom is 0.303 e. The van der Waals surface area contributed by atoms with Crippen molar-refractivity contribution < 1.29 is 14.6 Å². The fraction of sp³-hybridized carbons (Fsp3) is 0.444. The Labute approximate surface area is 200 Å². The van der Waals surface area contributed by atoms with Crippen LogP contribution in [0.5, 0.6) is 5.75 Å². The molecule has 2 aromatic heterocycles. The lowest BCUT2D eigenvalue weighted by molar-refractivity contribution is -0.139. The van der Waals surface area contributed by atoms with Crippen LogP contribution in [0.2, 0.25) is 0 Å². The summed E-state index contributed by atoms with van der Waals surface area (Å²) in [5.41, 5.74) is 4.05. The zero-order valence-electron chi connectivity index (χ0n) is 19.9. The highest BCUT2D eigenvalue weighted by molar-refractivity contribution is 5.83. The molecule has 7 nitrogen and oxygen atoms in total. The number of piperidine rings is 1. The van der Waals surface area contributed by atoms with Crippen LogP contribution in [-0.2, 0) is 11.2 Å². The molecular formula is C27H32N4O3. The number of aliphatic carboxylic acids is 1. The van der Waals surface area contributed by atoms with Gasteiger partial charge in [0, 0.05) is 30.7 Å². The van der Waals surface area contributed by atoms with Gasteiger partial charge in [-0.3, -0.25) is 19.8 Å². The minimum absolute atomic E-state index is 0.151. The number of nitrogens with zero attached hydrogens (tertiary/aromatic N) is 3. The number of rotatable bonds is 8. The number of methoxy groups -OCH3 is 1. The van der Waals surface area contributed by atoms with E-state index in [0.717, 1.165) is 66.7 Å². The number of hydrogen-bond acceptors (Lipinski definition) is 5. The molecule has 1 aliphatic heterocycles. The van der Waals surface area contributed by atoms with Crippen molar-refractivity contribution in [2.24, 2.45) is 11.8 Å². The number of carbonyl (C=O) groups is 1. The second-order valence-electron chi connectivity index (χ2n) is 9.07. The van der Waals surface area contributed by atoms with Crippen LogP contribution in [0, 0.1) is 30.6 Å². The van der Waals surface area contributed by atoms with E-state index < -0.39 is 5.97 Å². The zero-order chi connectivity index (χ0) is 23.9. The molecule has 0 radical (unpaired) electrons. The van der Waals surface area contributed by atoms with Gasteiger partial charge < -0.3 is 9.84 Å². The molecule has 7 heteroatoms. The van der Waals surface area contributed by atoms with Crippen LogP contribution in [-0.4, -0.2) is 57.9 Å². The quantitative estimate of drug-likeness (QED) is 0.493. The molecule has 1 saturated heterocycles. The van der Waals surface area contributed by atoms with E-state index in [0.29, 0.717) is 12.5 Å². The summed E-state index contributed by atoms with van der Waals surface area (Å²) in [4.78, 5) is 18.3. The summed E-state index contributed by atoms with van der Waals surface area (Å²) in [6.45, 7) is 4.32. The van der Waals surface area contributed by atoms with Crippen molar-refractivity contribution in [1.29, 1.82) is 0 Å². The Bertz CT molecular complexity index is 1190. The molecule has 0 saturated carbocycles. The minimum atomic E-state index is -0.718. The summed E-state index contributed by atoms with van der Waals surface area (Å²) in [6, 6.07) is 8.06. The van der Waals surface area contributed by atoms with Crippen LogP contribution in [0.1, 0.15) is 42.5 Å². The largest absolute Gasteiger partial charge is 0.497 e. The van der Waals surface area contributed by atoms with Gasteiger partial charge in [0.1, 0.15) is 5.75 Å². The number of H-pyrrole nitrogens is 1.